The summed E-state index contributed by atoms with van der Waals surface area (Å²) < 4.78 is 10.6. The number of carbonyl (C=O) groups is 2. The lowest BCUT2D eigenvalue weighted by molar-refractivity contribution is 0.0299. The maximum Gasteiger partial charge on any atom is 0.270 e. The van der Waals surface area contributed by atoms with E-state index >= 15 is 0 Å². The van der Waals surface area contributed by atoms with Crippen LogP contribution in [0.1, 0.15) is 27.3 Å². The summed E-state index contributed by atoms with van der Waals surface area (Å²) in [6.45, 7) is 4.47. The van der Waals surface area contributed by atoms with Gasteiger partial charge in [0.05, 0.1) is 19.8 Å². The second kappa shape index (κ2) is 8.58. The van der Waals surface area contributed by atoms with Crippen molar-refractivity contribution < 1.29 is 19.1 Å². The number of nitrogens with one attached hydrogen (secondary N) is 2. The highest BCUT2D eigenvalue weighted by Crippen LogP contribution is 2.22. The molecule has 7 heteroatoms. The van der Waals surface area contributed by atoms with Gasteiger partial charge in [0.1, 0.15) is 5.69 Å². The van der Waals surface area contributed by atoms with Crippen molar-refractivity contribution in [1.29, 1.82) is 0 Å². The van der Waals surface area contributed by atoms with Gasteiger partial charge in [0.2, 0.25) is 0 Å². The fourth-order valence-electron chi connectivity index (χ4n) is 3.54. The van der Waals surface area contributed by atoms with E-state index in [4.69, 9.17) is 9.47 Å². The molecule has 2 fully saturated rings. The third kappa shape index (κ3) is 4.26. The largest absolute Gasteiger partial charge is 0.381 e. The molecule has 2 aromatic rings. The van der Waals surface area contributed by atoms with Crippen LogP contribution in [0.2, 0.25) is 0 Å². The molecule has 3 heterocycles. The van der Waals surface area contributed by atoms with Gasteiger partial charge in [-0.05, 0) is 35.7 Å². The number of hydrogen-bond donors (Lipinski definition) is 2. The van der Waals surface area contributed by atoms with Crippen molar-refractivity contribution in [1.82, 2.24) is 15.2 Å². The molecule has 2 amide bonds. The lowest BCUT2D eigenvalue weighted by atomic mass is 10.0. The summed E-state index contributed by atoms with van der Waals surface area (Å²) in [4.78, 5) is 29.9. The van der Waals surface area contributed by atoms with E-state index < -0.39 is 0 Å². The van der Waals surface area contributed by atoms with Crippen molar-refractivity contribution in [2.75, 3.05) is 46.1 Å². The van der Waals surface area contributed by atoms with Gasteiger partial charge in [-0.15, -0.1) is 0 Å². The molecule has 2 N–H and O–H groups in total. The molecule has 2 saturated heterocycles. The van der Waals surface area contributed by atoms with Crippen molar-refractivity contribution in [3.05, 3.63) is 47.8 Å². The molecule has 1 aromatic carbocycles. The number of benzene rings is 1. The van der Waals surface area contributed by atoms with Crippen molar-refractivity contribution in [2.24, 2.45) is 5.92 Å². The Morgan fingerprint density at radius 3 is 2.75 bits per heavy atom. The van der Waals surface area contributed by atoms with E-state index in [1.54, 1.807) is 17.2 Å². The number of amides is 2. The minimum Gasteiger partial charge on any atom is -0.381 e. The van der Waals surface area contributed by atoms with E-state index in [-0.39, 0.29) is 11.8 Å². The van der Waals surface area contributed by atoms with Gasteiger partial charge in [-0.3, -0.25) is 9.59 Å². The van der Waals surface area contributed by atoms with Crippen molar-refractivity contribution in [3.8, 4) is 11.1 Å². The van der Waals surface area contributed by atoms with Gasteiger partial charge in [0, 0.05) is 43.9 Å². The Kier molecular flexibility index (Phi) is 5.73. The van der Waals surface area contributed by atoms with E-state index in [9.17, 15) is 9.59 Å². The Morgan fingerprint density at radius 1 is 1.11 bits per heavy atom. The first-order chi connectivity index (χ1) is 13.7. The Labute approximate surface area is 164 Å². The van der Waals surface area contributed by atoms with Crippen LogP contribution in [-0.4, -0.2) is 67.8 Å². The molecule has 28 heavy (non-hydrogen) atoms. The molecule has 0 radical (unpaired) electrons. The number of aromatic nitrogens is 1. The van der Waals surface area contributed by atoms with Crippen LogP contribution < -0.4 is 5.32 Å². The van der Waals surface area contributed by atoms with Crippen LogP contribution in [0.4, 0.5) is 0 Å². The lowest BCUT2D eigenvalue weighted by Gasteiger charge is -2.26. The van der Waals surface area contributed by atoms with E-state index in [1.165, 1.54) is 0 Å². The van der Waals surface area contributed by atoms with E-state index in [0.717, 1.165) is 24.2 Å². The van der Waals surface area contributed by atoms with Crippen LogP contribution >= 0.6 is 0 Å². The highest BCUT2D eigenvalue weighted by Gasteiger charge is 2.20. The summed E-state index contributed by atoms with van der Waals surface area (Å²) in [5.74, 6) is 0.279. The summed E-state index contributed by atoms with van der Waals surface area (Å²) in [7, 11) is 0. The summed E-state index contributed by atoms with van der Waals surface area (Å²) >= 11 is 0. The Morgan fingerprint density at radius 2 is 1.96 bits per heavy atom. The first-order valence-corrected chi connectivity index (χ1v) is 9.72. The van der Waals surface area contributed by atoms with E-state index in [1.807, 2.05) is 24.3 Å². The van der Waals surface area contributed by atoms with Crippen LogP contribution in [0.15, 0.2) is 36.5 Å². The predicted octanol–water partition coefficient (Wildman–Crippen LogP) is 1.92. The molecule has 148 valence electrons. The normalized spacial score (nSPS) is 19.6. The minimum absolute atomic E-state index is 0.0257. The van der Waals surface area contributed by atoms with Gasteiger partial charge in [-0.1, -0.05) is 12.1 Å². The van der Waals surface area contributed by atoms with Crippen molar-refractivity contribution in [2.45, 2.75) is 6.42 Å². The summed E-state index contributed by atoms with van der Waals surface area (Å²) in [5, 5.41) is 2.99. The highest BCUT2D eigenvalue weighted by atomic mass is 16.5. The third-order valence-electron chi connectivity index (χ3n) is 5.25. The second-order valence-electron chi connectivity index (χ2n) is 7.23. The fraction of sp³-hybridized carbons (Fsp3) is 0.429. The van der Waals surface area contributed by atoms with Gasteiger partial charge in [0.25, 0.3) is 11.8 Å². The first kappa shape index (κ1) is 18.7. The molecule has 0 aliphatic carbocycles. The van der Waals surface area contributed by atoms with E-state index in [2.05, 4.69) is 10.3 Å². The van der Waals surface area contributed by atoms with Crippen LogP contribution in [0.5, 0.6) is 0 Å². The molecule has 0 spiro atoms. The Balaban J connectivity index is 1.43. The Bertz CT molecular complexity index is 836. The molecule has 1 atom stereocenters. The average molecular weight is 383 g/mol. The smallest absolute Gasteiger partial charge is 0.270 e. The third-order valence-corrected chi connectivity index (χ3v) is 5.25. The summed E-state index contributed by atoms with van der Waals surface area (Å²) in [6.07, 6.45) is 2.80. The molecule has 0 saturated carbocycles. The maximum atomic E-state index is 12.6. The monoisotopic (exact) mass is 383 g/mol. The van der Waals surface area contributed by atoms with Crippen LogP contribution in [0.3, 0.4) is 0 Å². The number of carbonyl (C=O) groups excluding carboxylic acids is 2. The molecular weight excluding hydrogens is 358 g/mol. The molecule has 2 aliphatic heterocycles. The topological polar surface area (TPSA) is 83.7 Å². The van der Waals surface area contributed by atoms with Crippen molar-refractivity contribution >= 4 is 11.8 Å². The summed E-state index contributed by atoms with van der Waals surface area (Å²) in [5.41, 5.74) is 2.94. The molecular formula is C21H25N3O4. The zero-order chi connectivity index (χ0) is 19.3. The van der Waals surface area contributed by atoms with Crippen LogP contribution in [0.25, 0.3) is 11.1 Å². The fourth-order valence-corrected chi connectivity index (χ4v) is 3.54. The summed E-state index contributed by atoms with van der Waals surface area (Å²) in [6, 6.07) is 9.29. The molecule has 2 aliphatic rings. The number of aromatic amines is 1. The molecule has 7 nitrogen and oxygen atoms in total. The lowest BCUT2D eigenvalue weighted by Crippen LogP contribution is -2.40. The number of nitrogens with zero attached hydrogens (tertiary/aromatic N) is 1. The number of hydrogen-bond acceptors (Lipinski definition) is 4. The van der Waals surface area contributed by atoms with Crippen molar-refractivity contribution in [3.63, 3.8) is 0 Å². The number of ether oxygens (including phenoxy) is 2. The zero-order valence-electron chi connectivity index (χ0n) is 15.8. The number of rotatable bonds is 5. The molecule has 4 rings (SSSR count). The molecule has 1 aromatic heterocycles. The average Bonchev–Trinajstić information content (AvgIpc) is 3.44. The minimum atomic E-state index is -0.0890. The second-order valence-corrected chi connectivity index (χ2v) is 7.23. The van der Waals surface area contributed by atoms with Gasteiger partial charge < -0.3 is 24.7 Å². The van der Waals surface area contributed by atoms with Gasteiger partial charge in [-0.2, -0.15) is 0 Å². The van der Waals surface area contributed by atoms with E-state index in [0.29, 0.717) is 56.6 Å². The highest BCUT2D eigenvalue weighted by molar-refractivity contribution is 5.96. The standard InChI is InChI=1S/C21H25N3O4/c25-20(23-12-15-4-7-28-14-15)17-3-1-2-16(10-17)18-11-19(22-13-18)21(26)24-5-8-27-9-6-24/h1-3,10-11,13,15,22H,4-9,12,14H2,(H,23,25)/t15-/m1/s1. The van der Waals surface area contributed by atoms with Gasteiger partial charge in [-0.25, -0.2) is 0 Å². The predicted molar refractivity (Wildman–Crippen MR) is 104 cm³/mol. The SMILES string of the molecule is O=C(NC[C@H]1CCOC1)c1cccc(-c2c[nH]c(C(=O)N3CCOCC3)c2)c1. The maximum absolute atomic E-state index is 12.6. The van der Waals surface area contributed by atoms with Gasteiger partial charge >= 0.3 is 0 Å². The first-order valence-electron chi connectivity index (χ1n) is 9.72. The quantitative estimate of drug-likeness (QED) is 0.826. The van der Waals surface area contributed by atoms with Crippen LogP contribution in [-0.2, 0) is 9.47 Å². The zero-order valence-corrected chi connectivity index (χ0v) is 15.8. The van der Waals surface area contributed by atoms with Gasteiger partial charge in [0.15, 0.2) is 0 Å². The number of H-pyrrole nitrogens is 1. The number of morpholine rings is 1. The Hall–Kier alpha value is -2.64. The molecule has 0 unspecified atom stereocenters. The molecule has 0 bridgehead atoms. The van der Waals surface area contributed by atoms with Crippen LogP contribution in [0, 0.1) is 5.92 Å².